The number of aromatic nitrogens is 2. The molecule has 1 amide bonds. The van der Waals surface area contributed by atoms with Crippen molar-refractivity contribution >= 4 is 15.9 Å². The van der Waals surface area contributed by atoms with Crippen molar-refractivity contribution in [3.8, 4) is 12.3 Å². The van der Waals surface area contributed by atoms with Crippen LogP contribution in [0.15, 0.2) is 41.4 Å². The first-order valence-electron chi connectivity index (χ1n) is 8.33. The van der Waals surface area contributed by atoms with Crippen LogP contribution in [0.1, 0.15) is 34.8 Å². The summed E-state index contributed by atoms with van der Waals surface area (Å²) in [5.74, 6) is 2.42. The quantitative estimate of drug-likeness (QED) is 0.775. The third kappa shape index (κ3) is 3.95. The minimum absolute atomic E-state index is 0.0333. The average Bonchev–Trinajstić information content (AvgIpc) is 3.21. The fourth-order valence-electron chi connectivity index (χ4n) is 3.09. The van der Waals surface area contributed by atoms with Crippen LogP contribution in [0.4, 0.5) is 0 Å². The zero-order valence-corrected chi connectivity index (χ0v) is 15.0. The van der Waals surface area contributed by atoms with Gasteiger partial charge in [-0.2, -0.15) is 9.82 Å². The zero-order valence-electron chi connectivity index (χ0n) is 14.2. The van der Waals surface area contributed by atoms with Crippen molar-refractivity contribution < 1.29 is 13.2 Å². The Morgan fingerprint density at radius 3 is 2.77 bits per heavy atom. The van der Waals surface area contributed by atoms with E-state index in [4.69, 9.17) is 6.42 Å². The molecular weight excluding hydrogens is 352 g/mol. The van der Waals surface area contributed by atoms with Crippen LogP contribution in [0.2, 0.25) is 0 Å². The molecule has 0 aliphatic carbocycles. The molecule has 1 aromatic carbocycles. The lowest BCUT2D eigenvalue weighted by atomic mass is 9.93. The van der Waals surface area contributed by atoms with Crippen molar-refractivity contribution in [3.05, 3.63) is 47.8 Å². The number of terminal acetylenes is 1. The van der Waals surface area contributed by atoms with Crippen LogP contribution in [0.3, 0.4) is 0 Å². The zero-order chi connectivity index (χ0) is 18.6. The second-order valence-electron chi connectivity index (χ2n) is 6.13. The van der Waals surface area contributed by atoms with E-state index in [1.807, 2.05) is 6.07 Å². The highest BCUT2D eigenvalue weighted by molar-refractivity contribution is 7.89. The standard InChI is InChI=1S/C18H20N4O3S/c1-2-9-20-26(24,25)16-5-3-4-15(13-16)18(23)22-11-7-14(8-12-22)17-6-10-19-21-17/h1,3-6,10,13-14,20H,7-9,11-12H2,(H,19,21). The molecule has 0 bridgehead atoms. The molecular formula is C18H20N4O3S. The largest absolute Gasteiger partial charge is 0.339 e. The van der Waals surface area contributed by atoms with Gasteiger partial charge < -0.3 is 4.90 Å². The van der Waals surface area contributed by atoms with Crippen LogP contribution in [0.5, 0.6) is 0 Å². The Morgan fingerprint density at radius 1 is 1.35 bits per heavy atom. The summed E-state index contributed by atoms with van der Waals surface area (Å²) in [6.45, 7) is 1.14. The third-order valence-electron chi connectivity index (χ3n) is 4.50. The van der Waals surface area contributed by atoms with Gasteiger partial charge in [0.05, 0.1) is 11.4 Å². The Kier molecular flexibility index (Phi) is 5.40. The van der Waals surface area contributed by atoms with Gasteiger partial charge in [-0.05, 0) is 37.1 Å². The summed E-state index contributed by atoms with van der Waals surface area (Å²) < 4.78 is 26.6. The van der Waals surface area contributed by atoms with Crippen molar-refractivity contribution in [1.82, 2.24) is 19.8 Å². The van der Waals surface area contributed by atoms with Gasteiger partial charge >= 0.3 is 0 Å². The van der Waals surface area contributed by atoms with Crippen molar-refractivity contribution in [3.63, 3.8) is 0 Å². The molecule has 8 heteroatoms. The summed E-state index contributed by atoms with van der Waals surface area (Å²) in [7, 11) is -3.72. The highest BCUT2D eigenvalue weighted by Gasteiger charge is 2.26. The molecule has 0 atom stereocenters. The minimum atomic E-state index is -3.72. The SMILES string of the molecule is C#CCNS(=O)(=O)c1cccc(C(=O)N2CCC(c3ccn[nH]3)CC2)c1. The van der Waals surface area contributed by atoms with Crippen molar-refractivity contribution in [1.29, 1.82) is 0 Å². The van der Waals surface area contributed by atoms with Crippen LogP contribution in [0.25, 0.3) is 0 Å². The molecule has 1 fully saturated rings. The van der Waals surface area contributed by atoms with E-state index in [2.05, 4.69) is 20.8 Å². The first-order chi connectivity index (χ1) is 12.5. The maximum Gasteiger partial charge on any atom is 0.253 e. The number of hydrogen-bond acceptors (Lipinski definition) is 4. The van der Waals surface area contributed by atoms with Crippen LogP contribution in [-0.2, 0) is 10.0 Å². The average molecular weight is 372 g/mol. The second-order valence-corrected chi connectivity index (χ2v) is 7.90. The normalized spacial score (nSPS) is 15.6. The number of piperidine rings is 1. The molecule has 0 spiro atoms. The minimum Gasteiger partial charge on any atom is -0.339 e. The molecule has 2 heterocycles. The number of likely N-dealkylation sites (tertiary alicyclic amines) is 1. The number of nitrogens with one attached hydrogen (secondary N) is 2. The van der Waals surface area contributed by atoms with E-state index in [0.29, 0.717) is 24.6 Å². The molecule has 2 aromatic rings. The molecule has 0 saturated carbocycles. The molecule has 1 aliphatic rings. The van der Waals surface area contributed by atoms with E-state index in [9.17, 15) is 13.2 Å². The van der Waals surface area contributed by atoms with E-state index in [-0.39, 0.29) is 17.3 Å². The lowest BCUT2D eigenvalue weighted by Gasteiger charge is -2.31. The molecule has 0 unspecified atom stereocenters. The third-order valence-corrected chi connectivity index (χ3v) is 5.90. The summed E-state index contributed by atoms with van der Waals surface area (Å²) in [6.07, 6.45) is 8.51. The summed E-state index contributed by atoms with van der Waals surface area (Å²) in [4.78, 5) is 14.5. The van der Waals surface area contributed by atoms with E-state index < -0.39 is 10.0 Å². The lowest BCUT2D eigenvalue weighted by molar-refractivity contribution is 0.0712. The highest BCUT2D eigenvalue weighted by Crippen LogP contribution is 2.27. The Hall–Kier alpha value is -2.63. The van der Waals surface area contributed by atoms with Gasteiger partial charge in [0.15, 0.2) is 0 Å². The summed E-state index contributed by atoms with van der Waals surface area (Å²) in [6, 6.07) is 7.99. The van der Waals surface area contributed by atoms with Gasteiger partial charge in [-0.1, -0.05) is 12.0 Å². The van der Waals surface area contributed by atoms with E-state index in [0.717, 1.165) is 18.5 Å². The van der Waals surface area contributed by atoms with E-state index in [1.165, 1.54) is 12.1 Å². The Morgan fingerprint density at radius 2 is 2.12 bits per heavy atom. The smallest absolute Gasteiger partial charge is 0.253 e. The molecule has 26 heavy (non-hydrogen) atoms. The van der Waals surface area contributed by atoms with Crippen molar-refractivity contribution in [2.45, 2.75) is 23.7 Å². The first kappa shape index (κ1) is 18.2. The Balaban J connectivity index is 1.69. The lowest BCUT2D eigenvalue weighted by Crippen LogP contribution is -2.38. The monoisotopic (exact) mass is 372 g/mol. The maximum absolute atomic E-state index is 12.7. The summed E-state index contributed by atoms with van der Waals surface area (Å²) >= 11 is 0. The van der Waals surface area contributed by atoms with Gasteiger partial charge in [0.25, 0.3) is 5.91 Å². The van der Waals surface area contributed by atoms with Crippen molar-refractivity contribution in [2.24, 2.45) is 0 Å². The number of carbonyl (C=O) groups is 1. The fraction of sp³-hybridized carbons (Fsp3) is 0.333. The number of benzene rings is 1. The number of aromatic amines is 1. The molecule has 1 aromatic heterocycles. The van der Waals surface area contributed by atoms with Gasteiger partial charge in [-0.25, -0.2) is 8.42 Å². The topological polar surface area (TPSA) is 95.2 Å². The van der Waals surface area contributed by atoms with Crippen LogP contribution in [0, 0.1) is 12.3 Å². The molecule has 136 valence electrons. The Labute approximate surface area is 152 Å². The number of amides is 1. The predicted octanol–water partition coefficient (Wildman–Crippen LogP) is 1.34. The van der Waals surface area contributed by atoms with Crippen LogP contribution < -0.4 is 4.72 Å². The number of carbonyl (C=O) groups excluding carboxylic acids is 1. The van der Waals surface area contributed by atoms with Gasteiger partial charge in [0.1, 0.15) is 0 Å². The number of sulfonamides is 1. The Bertz CT molecular complexity index is 908. The van der Waals surface area contributed by atoms with Gasteiger partial charge in [-0.3, -0.25) is 9.89 Å². The van der Waals surface area contributed by atoms with E-state index in [1.54, 1.807) is 23.2 Å². The molecule has 0 radical (unpaired) electrons. The summed E-state index contributed by atoms with van der Waals surface area (Å²) in [5, 5.41) is 6.95. The first-order valence-corrected chi connectivity index (χ1v) is 9.81. The van der Waals surface area contributed by atoms with Crippen LogP contribution in [-0.4, -0.2) is 49.1 Å². The molecule has 1 aliphatic heterocycles. The van der Waals surface area contributed by atoms with Gasteiger partial charge in [-0.15, -0.1) is 6.42 Å². The molecule has 2 N–H and O–H groups in total. The maximum atomic E-state index is 12.7. The van der Waals surface area contributed by atoms with E-state index >= 15 is 0 Å². The number of hydrogen-bond donors (Lipinski definition) is 2. The number of rotatable bonds is 5. The van der Waals surface area contributed by atoms with Gasteiger partial charge in [0, 0.05) is 36.5 Å². The highest BCUT2D eigenvalue weighted by atomic mass is 32.2. The number of H-pyrrole nitrogens is 1. The molecule has 1 saturated heterocycles. The number of nitrogens with zero attached hydrogens (tertiary/aromatic N) is 2. The van der Waals surface area contributed by atoms with Crippen molar-refractivity contribution in [2.75, 3.05) is 19.6 Å². The second kappa shape index (κ2) is 7.72. The van der Waals surface area contributed by atoms with Gasteiger partial charge in [0.2, 0.25) is 10.0 Å². The predicted molar refractivity (Wildman–Crippen MR) is 96.9 cm³/mol. The molecule has 3 rings (SSSR count). The summed E-state index contributed by atoms with van der Waals surface area (Å²) in [5.41, 5.74) is 1.44. The van der Waals surface area contributed by atoms with Crippen LogP contribution >= 0.6 is 0 Å². The fourth-order valence-corrected chi connectivity index (χ4v) is 4.07. The molecule has 7 nitrogen and oxygen atoms in total.